The fourth-order valence-electron chi connectivity index (χ4n) is 2.42. The first-order valence-corrected chi connectivity index (χ1v) is 6.16. The summed E-state index contributed by atoms with van der Waals surface area (Å²) in [6.45, 7) is 3.37. The van der Waals surface area contributed by atoms with E-state index in [1.807, 2.05) is 0 Å². The van der Waals surface area contributed by atoms with Crippen molar-refractivity contribution >= 4 is 12.4 Å². The van der Waals surface area contributed by atoms with Crippen molar-refractivity contribution in [2.45, 2.75) is 44.7 Å². The van der Waals surface area contributed by atoms with Crippen molar-refractivity contribution in [1.82, 2.24) is 5.32 Å². The first-order valence-electron chi connectivity index (χ1n) is 6.16. The maximum absolute atomic E-state index is 9.08. The molecule has 0 aliphatic heterocycles. The summed E-state index contributed by atoms with van der Waals surface area (Å²) in [7, 11) is 0. The van der Waals surface area contributed by atoms with E-state index in [0.29, 0.717) is 6.61 Å². The number of rotatable bonds is 5. The highest BCUT2D eigenvalue weighted by atomic mass is 35.5. The summed E-state index contributed by atoms with van der Waals surface area (Å²) in [6.07, 6.45) is 4.60. The number of nitrogens with one attached hydrogen (secondary N) is 1. The van der Waals surface area contributed by atoms with E-state index in [1.54, 1.807) is 0 Å². The highest BCUT2D eigenvalue weighted by Crippen LogP contribution is 2.34. The molecule has 2 nitrogen and oxygen atoms in total. The van der Waals surface area contributed by atoms with Gasteiger partial charge < -0.3 is 10.4 Å². The number of halogens is 1. The summed E-state index contributed by atoms with van der Waals surface area (Å²) in [5, 5.41) is 12.7. The van der Waals surface area contributed by atoms with Gasteiger partial charge >= 0.3 is 0 Å². The zero-order chi connectivity index (χ0) is 11.4. The third kappa shape index (κ3) is 3.44. The zero-order valence-corrected chi connectivity index (χ0v) is 11.2. The van der Waals surface area contributed by atoms with Crippen LogP contribution in [0.4, 0.5) is 0 Å². The van der Waals surface area contributed by atoms with Crippen LogP contribution in [0.5, 0.6) is 0 Å². The quantitative estimate of drug-likeness (QED) is 0.848. The molecule has 0 heterocycles. The van der Waals surface area contributed by atoms with Gasteiger partial charge in [0.25, 0.3) is 0 Å². The lowest BCUT2D eigenvalue weighted by Gasteiger charge is -2.43. The highest BCUT2D eigenvalue weighted by molar-refractivity contribution is 5.85. The van der Waals surface area contributed by atoms with Crippen LogP contribution >= 0.6 is 12.4 Å². The third-order valence-corrected chi connectivity index (χ3v) is 3.82. The van der Waals surface area contributed by atoms with E-state index < -0.39 is 0 Å². The summed E-state index contributed by atoms with van der Waals surface area (Å²) >= 11 is 0. The molecule has 0 bridgehead atoms. The molecule has 96 valence electrons. The second-order valence-corrected chi connectivity index (χ2v) is 4.89. The summed E-state index contributed by atoms with van der Waals surface area (Å²) in [4.78, 5) is 0. The molecule has 1 aromatic carbocycles. The molecule has 1 aliphatic rings. The molecule has 0 spiro atoms. The number of benzene rings is 1. The minimum Gasteiger partial charge on any atom is -0.396 e. The molecule has 2 rings (SSSR count). The Morgan fingerprint density at radius 1 is 1.29 bits per heavy atom. The topological polar surface area (TPSA) is 32.3 Å². The minimum absolute atomic E-state index is 0. The predicted octanol–water partition coefficient (Wildman–Crippen LogP) is 2.81. The Labute approximate surface area is 110 Å². The molecule has 17 heavy (non-hydrogen) atoms. The van der Waals surface area contributed by atoms with Crippen molar-refractivity contribution in [3.8, 4) is 0 Å². The Kier molecular flexibility index (Phi) is 5.44. The van der Waals surface area contributed by atoms with Crippen LogP contribution in [-0.4, -0.2) is 17.3 Å². The molecule has 0 amide bonds. The van der Waals surface area contributed by atoms with Crippen molar-refractivity contribution in [3.05, 3.63) is 35.4 Å². The summed E-state index contributed by atoms with van der Waals surface area (Å²) in [6, 6.07) is 8.49. The van der Waals surface area contributed by atoms with Gasteiger partial charge in [-0.2, -0.15) is 0 Å². The summed E-state index contributed by atoms with van der Waals surface area (Å²) in [5.41, 5.74) is 2.93. The van der Waals surface area contributed by atoms with Crippen LogP contribution in [0.3, 0.4) is 0 Å². The smallest absolute Gasteiger partial charge is 0.0448 e. The van der Waals surface area contributed by atoms with Gasteiger partial charge in [-0.15, -0.1) is 12.4 Å². The van der Waals surface area contributed by atoms with Crippen LogP contribution in [0.2, 0.25) is 0 Å². The normalized spacial score (nSPS) is 17.1. The maximum Gasteiger partial charge on any atom is 0.0448 e. The standard InChI is InChI=1S/C14H21NO.ClH/c1-12-5-2-3-6-13(12)11-15-14(9-10-16)7-4-8-14;/h2-3,5-6,15-16H,4,7-11H2,1H3;1H. The maximum atomic E-state index is 9.08. The molecule has 3 heteroatoms. The van der Waals surface area contributed by atoms with Gasteiger partial charge in [-0.25, -0.2) is 0 Å². The van der Waals surface area contributed by atoms with Crippen LogP contribution in [0.15, 0.2) is 24.3 Å². The fourth-order valence-corrected chi connectivity index (χ4v) is 2.42. The summed E-state index contributed by atoms with van der Waals surface area (Å²) in [5.74, 6) is 0. The largest absolute Gasteiger partial charge is 0.396 e. The molecule has 1 saturated carbocycles. The monoisotopic (exact) mass is 255 g/mol. The molecular weight excluding hydrogens is 234 g/mol. The number of hydrogen-bond acceptors (Lipinski definition) is 2. The molecule has 0 unspecified atom stereocenters. The van der Waals surface area contributed by atoms with Crippen molar-refractivity contribution in [3.63, 3.8) is 0 Å². The van der Waals surface area contributed by atoms with Gasteiger partial charge in [0.15, 0.2) is 0 Å². The number of aliphatic hydroxyl groups is 1. The number of aliphatic hydroxyl groups excluding tert-OH is 1. The van der Waals surface area contributed by atoms with E-state index in [4.69, 9.17) is 5.11 Å². The van der Waals surface area contributed by atoms with Gasteiger partial charge in [-0.1, -0.05) is 24.3 Å². The Hall–Kier alpha value is -0.570. The lowest BCUT2D eigenvalue weighted by molar-refractivity contribution is 0.130. The molecule has 1 aromatic rings. The molecule has 1 fully saturated rings. The van der Waals surface area contributed by atoms with Gasteiger partial charge in [-0.3, -0.25) is 0 Å². The lowest BCUT2D eigenvalue weighted by Crippen LogP contribution is -2.51. The van der Waals surface area contributed by atoms with Crippen LogP contribution in [0.25, 0.3) is 0 Å². The lowest BCUT2D eigenvalue weighted by atomic mass is 9.74. The average molecular weight is 256 g/mol. The van der Waals surface area contributed by atoms with Crippen molar-refractivity contribution in [2.75, 3.05) is 6.61 Å². The molecule has 0 aromatic heterocycles. The second kappa shape index (κ2) is 6.39. The van der Waals surface area contributed by atoms with E-state index in [2.05, 4.69) is 36.5 Å². The Morgan fingerprint density at radius 3 is 2.53 bits per heavy atom. The summed E-state index contributed by atoms with van der Waals surface area (Å²) < 4.78 is 0. The van der Waals surface area contributed by atoms with Gasteiger partial charge in [-0.05, 0) is 43.7 Å². The van der Waals surface area contributed by atoms with Crippen molar-refractivity contribution in [1.29, 1.82) is 0 Å². The molecule has 1 aliphatic carbocycles. The van der Waals surface area contributed by atoms with Crippen molar-refractivity contribution in [2.24, 2.45) is 0 Å². The number of aryl methyl sites for hydroxylation is 1. The molecule has 2 N–H and O–H groups in total. The fraction of sp³-hybridized carbons (Fsp3) is 0.571. The highest BCUT2D eigenvalue weighted by Gasteiger charge is 2.35. The molecule has 0 saturated heterocycles. The predicted molar refractivity (Wildman–Crippen MR) is 73.6 cm³/mol. The van der Waals surface area contributed by atoms with Gasteiger partial charge in [0, 0.05) is 18.7 Å². The van der Waals surface area contributed by atoms with Crippen LogP contribution in [0, 0.1) is 6.92 Å². The van der Waals surface area contributed by atoms with Crippen LogP contribution in [0.1, 0.15) is 36.8 Å². The van der Waals surface area contributed by atoms with Crippen LogP contribution in [-0.2, 0) is 6.54 Å². The molecule has 0 atom stereocenters. The average Bonchev–Trinajstić information content (AvgIpc) is 2.24. The van der Waals surface area contributed by atoms with E-state index in [9.17, 15) is 0 Å². The van der Waals surface area contributed by atoms with Gasteiger partial charge in [0.05, 0.1) is 0 Å². The first-order chi connectivity index (χ1) is 7.76. The zero-order valence-electron chi connectivity index (χ0n) is 10.4. The minimum atomic E-state index is 0. The van der Waals surface area contributed by atoms with Crippen molar-refractivity contribution < 1.29 is 5.11 Å². The van der Waals surface area contributed by atoms with E-state index in [0.717, 1.165) is 13.0 Å². The first kappa shape index (κ1) is 14.5. The Morgan fingerprint density at radius 2 is 2.00 bits per heavy atom. The van der Waals surface area contributed by atoms with Gasteiger partial charge in [0.2, 0.25) is 0 Å². The third-order valence-electron chi connectivity index (χ3n) is 3.82. The Bertz CT molecular complexity index is 350. The van der Waals surface area contributed by atoms with Gasteiger partial charge in [0.1, 0.15) is 0 Å². The van der Waals surface area contributed by atoms with E-state index >= 15 is 0 Å². The Balaban J connectivity index is 0.00000144. The second-order valence-electron chi connectivity index (χ2n) is 4.89. The SMILES string of the molecule is Cc1ccccc1CNC1(CCO)CCC1.Cl. The molecular formula is C14H22ClNO. The molecule has 0 radical (unpaired) electrons. The number of hydrogen-bond donors (Lipinski definition) is 2. The van der Waals surface area contributed by atoms with Crippen LogP contribution < -0.4 is 5.32 Å². The van der Waals surface area contributed by atoms with E-state index in [-0.39, 0.29) is 17.9 Å². The van der Waals surface area contributed by atoms with E-state index in [1.165, 1.54) is 30.4 Å².